The topological polar surface area (TPSA) is 0 Å². The zero-order chi connectivity index (χ0) is 23.1. The van der Waals surface area contributed by atoms with Crippen molar-refractivity contribution in [2.45, 2.75) is 11.0 Å². The van der Waals surface area contributed by atoms with Crippen molar-refractivity contribution in [2.24, 2.45) is 0 Å². The summed E-state index contributed by atoms with van der Waals surface area (Å²) < 4.78 is 1.77. The molecule has 0 saturated heterocycles. The van der Waals surface area contributed by atoms with E-state index in [1.165, 1.54) is 22.3 Å². The first-order valence-electron chi connectivity index (χ1n) is 12.0. The number of allylic oxidation sites excluding steroid dienone is 2. The van der Waals surface area contributed by atoms with Crippen LogP contribution in [0.3, 0.4) is 0 Å². The first kappa shape index (κ1) is 21.5. The van der Waals surface area contributed by atoms with Gasteiger partial charge in [0.05, 0.1) is 0 Å². The van der Waals surface area contributed by atoms with E-state index in [1.807, 2.05) is 0 Å². The predicted octanol–water partition coefficient (Wildman–Crippen LogP) is 8.71. The Bertz CT molecular complexity index is 1320. The van der Waals surface area contributed by atoms with Gasteiger partial charge >= 0.3 is 198 Å². The van der Waals surface area contributed by atoms with Crippen molar-refractivity contribution >= 4 is 12.2 Å². The van der Waals surface area contributed by atoms with Gasteiger partial charge in [-0.05, 0) is 0 Å². The van der Waals surface area contributed by atoms with Gasteiger partial charge in [-0.2, -0.15) is 0 Å². The largest absolute Gasteiger partial charge is 0.106 e. The molecule has 0 N–H and O–H groups in total. The molecule has 4 aromatic rings. The Hall–Kier alpha value is -3.03. The van der Waals surface area contributed by atoms with Crippen molar-refractivity contribution < 1.29 is 21.4 Å². The molecule has 163 valence electrons. The predicted molar refractivity (Wildman–Crippen MR) is 141 cm³/mol. The van der Waals surface area contributed by atoms with Gasteiger partial charge in [-0.3, -0.25) is 0 Å². The first-order chi connectivity index (χ1) is 16.9. The summed E-state index contributed by atoms with van der Waals surface area (Å²) in [6, 6.07) is 36.6. The first-order valence-corrected chi connectivity index (χ1v) is 18.2. The van der Waals surface area contributed by atoms with E-state index in [-0.39, 0.29) is 0 Å². The summed E-state index contributed by atoms with van der Waals surface area (Å²) in [4.78, 5) is 0. The van der Waals surface area contributed by atoms with Crippen LogP contribution in [0, 0.1) is 0 Å². The van der Waals surface area contributed by atoms with Crippen molar-refractivity contribution in [1.29, 1.82) is 0 Å². The van der Waals surface area contributed by atoms with Crippen molar-refractivity contribution in [3.05, 3.63) is 156 Å². The molecule has 0 bridgehead atoms. The molecule has 0 fully saturated rings. The van der Waals surface area contributed by atoms with E-state index in [4.69, 9.17) is 0 Å². The van der Waals surface area contributed by atoms with Gasteiger partial charge in [0.15, 0.2) is 0 Å². The third-order valence-corrected chi connectivity index (χ3v) is 20.9. The minimum absolute atomic E-state index is 0.578. The Morgan fingerprint density at radius 2 is 0.853 bits per heavy atom. The molecule has 7 rings (SSSR count). The van der Waals surface area contributed by atoms with E-state index in [0.29, 0.717) is 11.0 Å². The summed E-state index contributed by atoms with van der Waals surface area (Å²) in [5, 5.41) is 0. The van der Waals surface area contributed by atoms with Crippen LogP contribution in [0.15, 0.2) is 122 Å². The van der Waals surface area contributed by atoms with E-state index in [0.717, 1.165) is 0 Å². The summed E-state index contributed by atoms with van der Waals surface area (Å²) in [5.74, 6) is 0. The molecule has 34 heavy (non-hydrogen) atoms. The zero-order valence-electron chi connectivity index (χ0n) is 19.2. The number of benzene rings is 4. The molecule has 4 aromatic carbocycles. The monoisotopic (exact) mass is 603 g/mol. The molecule has 0 aromatic heterocycles. The maximum atomic E-state index is 3.00. The molecule has 0 amide bonds. The summed E-state index contributed by atoms with van der Waals surface area (Å²) >= 11 is -2.54. The number of fused-ring (bicyclic) bond motifs is 5. The summed E-state index contributed by atoms with van der Waals surface area (Å²) in [6.07, 6.45) is 9.90. The van der Waals surface area contributed by atoms with Crippen LogP contribution in [-0.4, -0.2) is 0 Å². The van der Waals surface area contributed by atoms with Crippen molar-refractivity contribution in [3.8, 4) is 11.1 Å². The average Bonchev–Trinajstić information content (AvgIpc) is 3.61. The van der Waals surface area contributed by atoms with Gasteiger partial charge in [-0.1, -0.05) is 0 Å². The smallest absolute Gasteiger partial charge is 0.106 e. The molecule has 3 aliphatic rings. The standard InChI is InChI=1S/C13H9.2C9H7.C2H4.Hf/c1-3-7-12-10(5-1)9-11-6-2-4-8-13(11)12;2*1-2-5-9-7-3-6-8(9)4-1;1-2;/h1-9H;2*1-7H;1-2H2;. The SMILES string of the molecule is C1=C[CH]([Hf]([CH]2C=Cc3ccccc32)[CH]2c3ccccc3-c3ccccc32)c2ccccc21.C=C. The van der Waals surface area contributed by atoms with Gasteiger partial charge < -0.3 is 0 Å². The molecule has 0 spiro atoms. The van der Waals surface area contributed by atoms with Gasteiger partial charge in [-0.25, -0.2) is 0 Å². The van der Waals surface area contributed by atoms with E-state index in [2.05, 4.69) is 135 Å². The third kappa shape index (κ3) is 3.29. The van der Waals surface area contributed by atoms with Crippen LogP contribution < -0.4 is 0 Å². The van der Waals surface area contributed by atoms with E-state index < -0.39 is 21.4 Å². The Morgan fingerprint density at radius 1 is 0.471 bits per heavy atom. The second kappa shape index (κ2) is 8.96. The quantitative estimate of drug-likeness (QED) is 0.163. The van der Waals surface area contributed by atoms with Gasteiger partial charge in [0.1, 0.15) is 0 Å². The van der Waals surface area contributed by atoms with Crippen molar-refractivity contribution in [1.82, 2.24) is 0 Å². The molecule has 0 heterocycles. The second-order valence-electron chi connectivity index (χ2n) is 9.04. The van der Waals surface area contributed by atoms with Gasteiger partial charge in [0.2, 0.25) is 0 Å². The Kier molecular flexibility index (Phi) is 5.67. The number of rotatable bonds is 3. The van der Waals surface area contributed by atoms with E-state index in [1.54, 1.807) is 22.3 Å². The van der Waals surface area contributed by atoms with Crippen LogP contribution in [0.1, 0.15) is 44.4 Å². The summed E-state index contributed by atoms with van der Waals surface area (Å²) in [5.41, 5.74) is 12.0. The molecule has 3 aliphatic carbocycles. The molecule has 0 radical (unpaired) electrons. The molecular weight excluding hydrogens is 575 g/mol. The van der Waals surface area contributed by atoms with E-state index >= 15 is 0 Å². The Morgan fingerprint density at radius 3 is 1.32 bits per heavy atom. The van der Waals surface area contributed by atoms with E-state index in [9.17, 15) is 0 Å². The number of hydrogen-bond acceptors (Lipinski definition) is 0. The molecular formula is C33H27Hf. The van der Waals surface area contributed by atoms with Crippen LogP contribution in [-0.2, 0) is 21.4 Å². The van der Waals surface area contributed by atoms with Crippen LogP contribution in [0.5, 0.6) is 0 Å². The fourth-order valence-corrected chi connectivity index (χ4v) is 21.3. The zero-order valence-corrected chi connectivity index (χ0v) is 22.8. The molecule has 0 nitrogen and oxygen atoms in total. The van der Waals surface area contributed by atoms with Gasteiger partial charge in [0.25, 0.3) is 0 Å². The summed E-state index contributed by atoms with van der Waals surface area (Å²) in [6.45, 7) is 6.00. The fraction of sp³-hybridized carbons (Fsp3) is 0.0909. The minimum atomic E-state index is -2.54. The van der Waals surface area contributed by atoms with Crippen LogP contribution >= 0.6 is 0 Å². The average molecular weight is 602 g/mol. The van der Waals surface area contributed by atoms with Crippen LogP contribution in [0.2, 0.25) is 0 Å². The van der Waals surface area contributed by atoms with Gasteiger partial charge in [-0.15, -0.1) is 13.2 Å². The van der Waals surface area contributed by atoms with Gasteiger partial charge in [0, 0.05) is 0 Å². The molecule has 2 unspecified atom stereocenters. The third-order valence-electron chi connectivity index (χ3n) is 7.48. The Balaban J connectivity index is 0.00000106. The molecule has 2 atom stereocenters. The van der Waals surface area contributed by atoms with Crippen molar-refractivity contribution in [2.75, 3.05) is 0 Å². The maximum Gasteiger partial charge on any atom is -0.106 e. The van der Waals surface area contributed by atoms with Crippen molar-refractivity contribution in [3.63, 3.8) is 0 Å². The van der Waals surface area contributed by atoms with Crippen LogP contribution in [0.4, 0.5) is 0 Å². The normalized spacial score (nSPS) is 18.5. The minimum Gasteiger partial charge on any atom is -0.106 e. The summed E-state index contributed by atoms with van der Waals surface area (Å²) in [7, 11) is 0. The molecule has 0 aliphatic heterocycles. The fourth-order valence-electron chi connectivity index (χ4n) is 6.15. The Labute approximate surface area is 210 Å². The number of hydrogen-bond donors (Lipinski definition) is 0. The second-order valence-corrected chi connectivity index (χ2v) is 19.2. The van der Waals surface area contributed by atoms with Crippen LogP contribution in [0.25, 0.3) is 23.3 Å². The molecule has 0 saturated carbocycles. The molecule has 1 heteroatoms. The maximum absolute atomic E-state index is 3.00.